The molecule has 1 rings (SSSR count). The normalized spacial score (nSPS) is 18.4. The molecular formula is C14H29N3O2S. The summed E-state index contributed by atoms with van der Waals surface area (Å²) in [5.41, 5.74) is 1.48. The van der Waals surface area contributed by atoms with E-state index in [-0.39, 0.29) is 5.41 Å². The molecule has 0 aromatic heterocycles. The molecule has 0 atom stereocenters. The molecule has 1 heterocycles. The van der Waals surface area contributed by atoms with Gasteiger partial charge in [-0.25, -0.2) is 0 Å². The molecule has 0 radical (unpaired) electrons. The van der Waals surface area contributed by atoms with Gasteiger partial charge in [-0.3, -0.25) is 0 Å². The average Bonchev–Trinajstić information content (AvgIpc) is 2.38. The van der Waals surface area contributed by atoms with Crippen LogP contribution < -0.4 is 5.32 Å². The van der Waals surface area contributed by atoms with Gasteiger partial charge >= 0.3 is 0 Å². The summed E-state index contributed by atoms with van der Waals surface area (Å²) in [6.07, 6.45) is 3.72. The minimum absolute atomic E-state index is 0.133. The van der Waals surface area contributed by atoms with Gasteiger partial charge in [-0.2, -0.15) is 17.0 Å². The van der Waals surface area contributed by atoms with Gasteiger partial charge in [0.1, 0.15) is 0 Å². The Morgan fingerprint density at radius 1 is 1.40 bits per heavy atom. The minimum Gasteiger partial charge on any atom is -0.320 e. The molecule has 1 aliphatic rings. The molecule has 0 aromatic carbocycles. The third kappa shape index (κ3) is 4.55. The highest BCUT2D eigenvalue weighted by Gasteiger charge is 2.30. The van der Waals surface area contributed by atoms with Gasteiger partial charge in [-0.1, -0.05) is 32.4 Å². The van der Waals surface area contributed by atoms with Crippen LogP contribution in [-0.4, -0.2) is 57.3 Å². The predicted octanol–water partition coefficient (Wildman–Crippen LogP) is 1.45. The molecule has 0 saturated heterocycles. The third-order valence-corrected chi connectivity index (χ3v) is 5.71. The zero-order valence-corrected chi connectivity index (χ0v) is 14.3. The van der Waals surface area contributed by atoms with Crippen LogP contribution in [0.5, 0.6) is 0 Å². The fraction of sp³-hybridized carbons (Fsp3) is 0.857. The number of hydrogen-bond acceptors (Lipinski definition) is 3. The summed E-state index contributed by atoms with van der Waals surface area (Å²) in [4.78, 5) is 0. The third-order valence-electron chi connectivity index (χ3n) is 3.76. The van der Waals surface area contributed by atoms with Crippen molar-refractivity contribution in [1.29, 1.82) is 0 Å². The second-order valence-corrected chi connectivity index (χ2v) is 8.41. The molecule has 0 unspecified atom stereocenters. The summed E-state index contributed by atoms with van der Waals surface area (Å²) >= 11 is 0. The molecular weight excluding hydrogens is 274 g/mol. The average molecular weight is 303 g/mol. The van der Waals surface area contributed by atoms with E-state index >= 15 is 0 Å². The molecule has 0 amide bonds. The van der Waals surface area contributed by atoms with Crippen molar-refractivity contribution in [2.24, 2.45) is 5.41 Å². The van der Waals surface area contributed by atoms with Crippen LogP contribution in [0.3, 0.4) is 0 Å². The predicted molar refractivity (Wildman–Crippen MR) is 83.8 cm³/mol. The van der Waals surface area contributed by atoms with Crippen LogP contribution in [0.25, 0.3) is 0 Å². The summed E-state index contributed by atoms with van der Waals surface area (Å²) < 4.78 is 27.9. The smallest absolute Gasteiger partial charge is 0.282 e. The molecule has 0 aromatic rings. The fourth-order valence-corrected chi connectivity index (χ4v) is 3.67. The molecule has 0 saturated carbocycles. The lowest BCUT2D eigenvalue weighted by Gasteiger charge is -2.33. The van der Waals surface area contributed by atoms with Crippen LogP contribution in [0.4, 0.5) is 0 Å². The molecule has 6 heteroatoms. The van der Waals surface area contributed by atoms with Gasteiger partial charge in [0.05, 0.1) is 0 Å². The summed E-state index contributed by atoms with van der Waals surface area (Å²) in [6, 6.07) is 0. The number of nitrogens with zero attached hydrogens (tertiary/aromatic N) is 2. The molecule has 20 heavy (non-hydrogen) atoms. The second kappa shape index (κ2) is 7.02. The highest BCUT2D eigenvalue weighted by Crippen LogP contribution is 2.30. The lowest BCUT2D eigenvalue weighted by atomic mass is 9.83. The van der Waals surface area contributed by atoms with Crippen LogP contribution in [0.15, 0.2) is 11.6 Å². The maximum atomic E-state index is 12.4. The zero-order chi connectivity index (χ0) is 15.4. The topological polar surface area (TPSA) is 52.7 Å². The number of nitrogens with one attached hydrogen (secondary N) is 1. The first-order valence-corrected chi connectivity index (χ1v) is 8.65. The van der Waals surface area contributed by atoms with Gasteiger partial charge in [0.2, 0.25) is 0 Å². The minimum atomic E-state index is -3.32. The molecule has 118 valence electrons. The Hall–Kier alpha value is -0.430. The maximum absolute atomic E-state index is 12.4. The highest BCUT2D eigenvalue weighted by molar-refractivity contribution is 7.86. The first-order chi connectivity index (χ1) is 9.19. The Labute approximate surface area is 124 Å². The van der Waals surface area contributed by atoms with E-state index in [4.69, 9.17) is 0 Å². The Kier molecular flexibility index (Phi) is 6.19. The highest BCUT2D eigenvalue weighted by atomic mass is 32.2. The molecule has 5 nitrogen and oxygen atoms in total. The van der Waals surface area contributed by atoms with Gasteiger partial charge in [0.25, 0.3) is 10.2 Å². The van der Waals surface area contributed by atoms with E-state index in [1.54, 1.807) is 11.4 Å². The summed E-state index contributed by atoms with van der Waals surface area (Å²) in [5.74, 6) is 0. The van der Waals surface area contributed by atoms with Crippen LogP contribution >= 0.6 is 0 Å². The molecule has 0 bridgehead atoms. The van der Waals surface area contributed by atoms with Crippen LogP contribution in [-0.2, 0) is 10.2 Å². The Balaban J connectivity index is 2.65. The number of rotatable bonds is 6. The Morgan fingerprint density at radius 2 is 2.05 bits per heavy atom. The monoisotopic (exact) mass is 303 g/mol. The second-order valence-electron chi connectivity index (χ2n) is 6.37. The van der Waals surface area contributed by atoms with E-state index in [2.05, 4.69) is 32.2 Å². The van der Waals surface area contributed by atoms with E-state index in [1.165, 1.54) is 9.88 Å². The molecule has 0 spiro atoms. The molecule has 0 aliphatic carbocycles. The lowest BCUT2D eigenvalue weighted by molar-refractivity contribution is 0.351. The van der Waals surface area contributed by atoms with Crippen molar-refractivity contribution in [3.63, 3.8) is 0 Å². The van der Waals surface area contributed by atoms with E-state index in [9.17, 15) is 8.42 Å². The Bertz CT molecular complexity index is 438. The fourth-order valence-electron chi connectivity index (χ4n) is 2.33. The van der Waals surface area contributed by atoms with Crippen molar-refractivity contribution in [2.75, 3.05) is 40.3 Å². The first-order valence-electron chi connectivity index (χ1n) is 7.25. The summed E-state index contributed by atoms with van der Waals surface area (Å²) in [5, 5.41) is 3.03. The van der Waals surface area contributed by atoms with Gasteiger partial charge in [0, 0.05) is 26.7 Å². The standard InChI is InChI=1S/C14H29N3O2S/c1-14(2,3)13-7-11-17(12-8-13)20(18,19)16(5)10-6-9-15-4/h7,15H,6,8-12H2,1-5H3. The summed E-state index contributed by atoms with van der Waals surface area (Å²) in [7, 11) is 0.217. The molecule has 0 fully saturated rings. The quantitative estimate of drug-likeness (QED) is 0.597. The molecule has 1 N–H and O–H groups in total. The van der Waals surface area contributed by atoms with Crippen molar-refractivity contribution in [3.8, 4) is 0 Å². The van der Waals surface area contributed by atoms with Crippen molar-refractivity contribution in [3.05, 3.63) is 11.6 Å². The first kappa shape index (κ1) is 17.6. The van der Waals surface area contributed by atoms with Crippen molar-refractivity contribution >= 4 is 10.2 Å². The van der Waals surface area contributed by atoms with Crippen molar-refractivity contribution < 1.29 is 8.42 Å². The Morgan fingerprint density at radius 3 is 2.50 bits per heavy atom. The lowest BCUT2D eigenvalue weighted by Crippen LogP contribution is -2.45. The van der Waals surface area contributed by atoms with Crippen LogP contribution in [0.1, 0.15) is 33.6 Å². The van der Waals surface area contributed by atoms with Gasteiger partial charge in [-0.15, -0.1) is 0 Å². The van der Waals surface area contributed by atoms with Crippen molar-refractivity contribution in [1.82, 2.24) is 13.9 Å². The number of hydrogen-bond donors (Lipinski definition) is 1. The van der Waals surface area contributed by atoms with Crippen LogP contribution in [0.2, 0.25) is 0 Å². The maximum Gasteiger partial charge on any atom is 0.282 e. The van der Waals surface area contributed by atoms with E-state index in [0.717, 1.165) is 19.4 Å². The molecule has 1 aliphatic heterocycles. The van der Waals surface area contributed by atoms with E-state index < -0.39 is 10.2 Å². The SMILES string of the molecule is CNCCCN(C)S(=O)(=O)N1CC=C(C(C)(C)C)CC1. The van der Waals surface area contributed by atoms with E-state index in [0.29, 0.717) is 19.6 Å². The zero-order valence-electron chi connectivity index (χ0n) is 13.4. The summed E-state index contributed by atoms with van der Waals surface area (Å²) in [6.45, 7) is 8.98. The van der Waals surface area contributed by atoms with E-state index in [1.807, 2.05) is 7.05 Å². The largest absolute Gasteiger partial charge is 0.320 e. The van der Waals surface area contributed by atoms with Gasteiger partial charge in [-0.05, 0) is 31.8 Å². The van der Waals surface area contributed by atoms with Crippen LogP contribution in [0, 0.1) is 5.41 Å². The van der Waals surface area contributed by atoms with Gasteiger partial charge in [0.15, 0.2) is 0 Å². The van der Waals surface area contributed by atoms with Gasteiger partial charge < -0.3 is 5.32 Å². The van der Waals surface area contributed by atoms with Crippen molar-refractivity contribution in [2.45, 2.75) is 33.6 Å².